The van der Waals surface area contributed by atoms with Gasteiger partial charge >= 0.3 is 0 Å². The molecule has 1 unspecified atom stereocenters. The number of amides is 1. The number of hydrogen-bond acceptors (Lipinski definition) is 3. The number of thiazole rings is 1. The van der Waals surface area contributed by atoms with Crippen LogP contribution in [-0.4, -0.2) is 16.3 Å². The van der Waals surface area contributed by atoms with Crippen molar-refractivity contribution < 1.29 is 4.79 Å². The monoisotopic (exact) mass is 300 g/mol. The average Bonchev–Trinajstić information content (AvgIpc) is 2.78. The Balaban J connectivity index is 2.15. The fourth-order valence-electron chi connectivity index (χ4n) is 1.29. The minimum atomic E-state index is -0.576. The van der Waals surface area contributed by atoms with Crippen LogP contribution in [0, 0.1) is 0 Å². The molecule has 0 saturated carbocycles. The van der Waals surface area contributed by atoms with Crippen LogP contribution >= 0.6 is 34.5 Å². The summed E-state index contributed by atoms with van der Waals surface area (Å²) >= 11 is 12.8. The summed E-state index contributed by atoms with van der Waals surface area (Å²) in [6, 6.07) is 7.37. The van der Waals surface area contributed by atoms with Gasteiger partial charge < -0.3 is 5.32 Å². The fourth-order valence-corrected chi connectivity index (χ4v) is 2.19. The summed E-state index contributed by atoms with van der Waals surface area (Å²) in [4.78, 5) is 15.7. The lowest BCUT2D eigenvalue weighted by molar-refractivity contribution is -0.115. The molecule has 18 heavy (non-hydrogen) atoms. The van der Waals surface area contributed by atoms with Crippen molar-refractivity contribution in [3.63, 3.8) is 0 Å². The molecule has 0 aliphatic heterocycles. The predicted molar refractivity (Wildman–Crippen MR) is 76.5 cm³/mol. The van der Waals surface area contributed by atoms with Crippen LogP contribution in [0.3, 0.4) is 0 Å². The molecule has 1 atom stereocenters. The number of aromatic nitrogens is 1. The molecule has 3 nitrogen and oxygen atoms in total. The number of hydrogen-bond donors (Lipinski definition) is 1. The average molecular weight is 301 g/mol. The molecule has 0 aliphatic carbocycles. The van der Waals surface area contributed by atoms with Crippen molar-refractivity contribution in [1.29, 1.82) is 0 Å². The molecule has 94 valence electrons. The second-order valence-electron chi connectivity index (χ2n) is 3.65. The van der Waals surface area contributed by atoms with Gasteiger partial charge in [-0.3, -0.25) is 4.79 Å². The molecule has 0 bridgehead atoms. The maximum absolute atomic E-state index is 11.4. The van der Waals surface area contributed by atoms with E-state index >= 15 is 0 Å². The first-order valence-electron chi connectivity index (χ1n) is 5.22. The summed E-state index contributed by atoms with van der Waals surface area (Å²) < 4.78 is 0. The standard InChI is InChI=1S/C12H10Cl2N2OS/c1-7(13)11(17)16-12-15-10(6-18-12)8-2-4-9(14)5-3-8/h2-7H,1H3,(H,15,16,17). The van der Waals surface area contributed by atoms with Gasteiger partial charge in [-0.05, 0) is 19.1 Å². The highest BCUT2D eigenvalue weighted by atomic mass is 35.5. The Kier molecular flexibility index (Phi) is 4.22. The molecule has 0 fully saturated rings. The lowest BCUT2D eigenvalue weighted by Crippen LogP contribution is -2.20. The number of carbonyl (C=O) groups is 1. The van der Waals surface area contributed by atoms with Crippen LogP contribution < -0.4 is 5.32 Å². The van der Waals surface area contributed by atoms with Gasteiger partial charge in [-0.25, -0.2) is 4.98 Å². The summed E-state index contributed by atoms with van der Waals surface area (Å²) in [6.45, 7) is 1.62. The number of alkyl halides is 1. The van der Waals surface area contributed by atoms with Gasteiger partial charge in [0.2, 0.25) is 5.91 Å². The lowest BCUT2D eigenvalue weighted by atomic mass is 10.2. The molecule has 1 aromatic carbocycles. The van der Waals surface area contributed by atoms with Crippen molar-refractivity contribution in [2.24, 2.45) is 0 Å². The molecule has 2 rings (SSSR count). The van der Waals surface area contributed by atoms with Crippen LogP contribution in [0.2, 0.25) is 5.02 Å². The Bertz CT molecular complexity index is 551. The van der Waals surface area contributed by atoms with E-state index in [1.807, 2.05) is 17.5 Å². The highest BCUT2D eigenvalue weighted by Crippen LogP contribution is 2.26. The van der Waals surface area contributed by atoms with Crippen LogP contribution in [0.15, 0.2) is 29.6 Å². The largest absolute Gasteiger partial charge is 0.301 e. The maximum atomic E-state index is 11.4. The van der Waals surface area contributed by atoms with E-state index in [0.29, 0.717) is 10.2 Å². The fraction of sp³-hybridized carbons (Fsp3) is 0.167. The molecule has 1 heterocycles. The number of carbonyl (C=O) groups excluding carboxylic acids is 1. The molecule has 0 saturated heterocycles. The van der Waals surface area contributed by atoms with Crippen molar-refractivity contribution in [3.05, 3.63) is 34.7 Å². The number of rotatable bonds is 3. The van der Waals surface area contributed by atoms with E-state index < -0.39 is 5.38 Å². The molecule has 1 N–H and O–H groups in total. The van der Waals surface area contributed by atoms with Crippen molar-refractivity contribution >= 4 is 45.6 Å². The zero-order valence-electron chi connectivity index (χ0n) is 9.48. The SMILES string of the molecule is CC(Cl)C(=O)Nc1nc(-c2ccc(Cl)cc2)cs1. The summed E-state index contributed by atoms with van der Waals surface area (Å²) in [6.07, 6.45) is 0. The predicted octanol–water partition coefficient (Wildman–Crippen LogP) is 4.03. The summed E-state index contributed by atoms with van der Waals surface area (Å²) in [5.74, 6) is -0.256. The van der Waals surface area contributed by atoms with Crippen molar-refractivity contribution in [1.82, 2.24) is 4.98 Å². The highest BCUT2D eigenvalue weighted by molar-refractivity contribution is 7.14. The van der Waals surface area contributed by atoms with Gasteiger partial charge in [0.1, 0.15) is 5.38 Å². The summed E-state index contributed by atoms with van der Waals surface area (Å²) in [7, 11) is 0. The van der Waals surface area contributed by atoms with Gasteiger partial charge in [0.05, 0.1) is 5.69 Å². The normalized spacial score (nSPS) is 12.2. The number of nitrogens with zero attached hydrogens (tertiary/aromatic N) is 1. The van der Waals surface area contributed by atoms with E-state index in [-0.39, 0.29) is 5.91 Å². The van der Waals surface area contributed by atoms with Crippen LogP contribution in [0.1, 0.15) is 6.92 Å². The molecular formula is C12H10Cl2N2OS. The van der Waals surface area contributed by atoms with Gasteiger partial charge in [-0.2, -0.15) is 0 Å². The first-order valence-corrected chi connectivity index (χ1v) is 6.92. The molecule has 0 radical (unpaired) electrons. The number of benzene rings is 1. The van der Waals surface area contributed by atoms with E-state index in [1.54, 1.807) is 19.1 Å². The van der Waals surface area contributed by atoms with Gasteiger partial charge in [-0.15, -0.1) is 22.9 Å². The van der Waals surface area contributed by atoms with E-state index in [0.717, 1.165) is 11.3 Å². The van der Waals surface area contributed by atoms with Crippen molar-refractivity contribution in [3.8, 4) is 11.3 Å². The van der Waals surface area contributed by atoms with Crippen molar-refractivity contribution in [2.75, 3.05) is 5.32 Å². The Morgan fingerprint density at radius 3 is 2.67 bits per heavy atom. The molecule has 6 heteroatoms. The Morgan fingerprint density at radius 2 is 2.06 bits per heavy atom. The lowest BCUT2D eigenvalue weighted by Gasteiger charge is -2.01. The van der Waals surface area contributed by atoms with E-state index in [2.05, 4.69) is 10.3 Å². The zero-order valence-corrected chi connectivity index (χ0v) is 11.8. The highest BCUT2D eigenvalue weighted by Gasteiger charge is 2.12. The van der Waals surface area contributed by atoms with Crippen LogP contribution in [0.4, 0.5) is 5.13 Å². The molecule has 1 aromatic heterocycles. The van der Waals surface area contributed by atoms with Gasteiger partial charge in [0.15, 0.2) is 5.13 Å². The minimum absolute atomic E-state index is 0.256. The molecule has 0 spiro atoms. The zero-order chi connectivity index (χ0) is 13.1. The summed E-state index contributed by atoms with van der Waals surface area (Å²) in [5.41, 5.74) is 1.75. The smallest absolute Gasteiger partial charge is 0.243 e. The second kappa shape index (κ2) is 5.69. The third-order valence-corrected chi connectivity index (χ3v) is 3.44. The maximum Gasteiger partial charge on any atom is 0.243 e. The first kappa shape index (κ1) is 13.3. The summed E-state index contributed by atoms with van der Waals surface area (Å²) in [5, 5.41) is 5.17. The van der Waals surface area contributed by atoms with Crippen LogP contribution in [0.25, 0.3) is 11.3 Å². The molecule has 0 aliphatic rings. The van der Waals surface area contributed by atoms with E-state index in [1.165, 1.54) is 11.3 Å². The van der Waals surface area contributed by atoms with E-state index in [9.17, 15) is 4.79 Å². The quantitative estimate of drug-likeness (QED) is 0.870. The molecule has 1 amide bonds. The number of nitrogens with one attached hydrogen (secondary N) is 1. The third-order valence-electron chi connectivity index (χ3n) is 2.24. The minimum Gasteiger partial charge on any atom is -0.301 e. The second-order valence-corrected chi connectivity index (χ2v) is 5.60. The van der Waals surface area contributed by atoms with Crippen molar-refractivity contribution in [2.45, 2.75) is 12.3 Å². The molecule has 2 aromatic rings. The van der Waals surface area contributed by atoms with Gasteiger partial charge in [0, 0.05) is 16.0 Å². The Labute approximate surface area is 119 Å². The number of anilines is 1. The molecular weight excluding hydrogens is 291 g/mol. The third kappa shape index (κ3) is 3.22. The van der Waals surface area contributed by atoms with Crippen LogP contribution in [0.5, 0.6) is 0 Å². The first-order chi connectivity index (χ1) is 8.56. The Hall–Kier alpha value is -1.10. The van der Waals surface area contributed by atoms with Gasteiger partial charge in [0.25, 0.3) is 0 Å². The van der Waals surface area contributed by atoms with Crippen LogP contribution in [-0.2, 0) is 4.79 Å². The van der Waals surface area contributed by atoms with E-state index in [4.69, 9.17) is 23.2 Å². The topological polar surface area (TPSA) is 42.0 Å². The number of halogens is 2. The Morgan fingerprint density at radius 1 is 1.39 bits per heavy atom. The van der Waals surface area contributed by atoms with Gasteiger partial charge in [-0.1, -0.05) is 23.7 Å².